The molecule has 0 atom stereocenters. The highest BCUT2D eigenvalue weighted by atomic mass is 32.1. The molecule has 9 heteroatoms. The molecule has 1 aliphatic rings. The summed E-state index contributed by atoms with van der Waals surface area (Å²) in [4.78, 5) is 41.7. The Morgan fingerprint density at radius 1 is 1.11 bits per heavy atom. The summed E-state index contributed by atoms with van der Waals surface area (Å²) in [5, 5.41) is 19.8. The van der Waals surface area contributed by atoms with Crippen molar-refractivity contribution in [3.05, 3.63) is 58.5 Å². The van der Waals surface area contributed by atoms with Crippen molar-refractivity contribution in [2.45, 2.75) is 45.6 Å². The number of piperazine rings is 1. The lowest BCUT2D eigenvalue weighted by atomic mass is 9.93. The Kier molecular flexibility index (Phi) is 6.50. The Hall–Kier alpha value is -3.90. The van der Waals surface area contributed by atoms with E-state index in [2.05, 4.69) is 22.0 Å². The van der Waals surface area contributed by atoms with Crippen LogP contribution in [0, 0.1) is 11.3 Å². The summed E-state index contributed by atoms with van der Waals surface area (Å²) in [5.41, 5.74) is 0.170. The number of thiophene rings is 1. The first kappa shape index (κ1) is 25.2. The third-order valence-electron chi connectivity index (χ3n) is 6.32. The summed E-state index contributed by atoms with van der Waals surface area (Å²) in [6.45, 7) is 10.3. The van der Waals surface area contributed by atoms with Crippen LogP contribution in [-0.4, -0.2) is 41.4 Å². The summed E-state index contributed by atoms with van der Waals surface area (Å²) in [5.74, 6) is -0.519. The number of carbonyl (C=O) groups is 3. The van der Waals surface area contributed by atoms with Crippen LogP contribution >= 0.6 is 11.3 Å². The van der Waals surface area contributed by atoms with E-state index in [0.717, 1.165) is 15.6 Å². The average Bonchev–Trinajstić information content (AvgIpc) is 3.25. The molecule has 2 heterocycles. The largest absolute Gasteiger partial charge is 0.352 e. The van der Waals surface area contributed by atoms with Gasteiger partial charge in [-0.1, -0.05) is 45.0 Å². The standard InChI is InChI=1S/C27H29N5O3S/c1-26(2,3)21-14-19(23(33)32-13-12-29-24(34)27(32,4)5)22(36-21)31-25(35)30-20-11-10-16(15-28)17-8-6-7-9-18(17)20/h6-11,14H,12-13H2,1-5H3,(H,29,34)(H2,30,31,35). The van der Waals surface area contributed by atoms with E-state index in [0.29, 0.717) is 34.9 Å². The molecule has 0 radical (unpaired) electrons. The molecule has 1 aromatic heterocycles. The van der Waals surface area contributed by atoms with E-state index < -0.39 is 11.6 Å². The molecule has 0 aliphatic carbocycles. The topological polar surface area (TPSA) is 114 Å². The van der Waals surface area contributed by atoms with Crippen LogP contribution in [-0.2, 0) is 10.2 Å². The predicted molar refractivity (Wildman–Crippen MR) is 142 cm³/mol. The SMILES string of the molecule is CC(C)(C)c1cc(C(=O)N2CCNC(=O)C2(C)C)c(NC(=O)Nc2ccc(C#N)c3ccccc23)s1. The molecule has 186 valence electrons. The van der Waals surface area contributed by atoms with Gasteiger partial charge in [0.2, 0.25) is 5.91 Å². The fourth-order valence-corrected chi connectivity index (χ4v) is 5.28. The molecule has 4 amide bonds. The van der Waals surface area contributed by atoms with Crippen LogP contribution in [0.25, 0.3) is 10.8 Å². The van der Waals surface area contributed by atoms with Crippen molar-refractivity contribution in [1.29, 1.82) is 5.26 Å². The summed E-state index contributed by atoms with van der Waals surface area (Å²) in [6.07, 6.45) is 0. The van der Waals surface area contributed by atoms with Gasteiger partial charge in [0.05, 0.1) is 22.9 Å². The van der Waals surface area contributed by atoms with Crippen LogP contribution in [0.1, 0.15) is 55.4 Å². The number of anilines is 2. The molecule has 2 aromatic carbocycles. The minimum atomic E-state index is -1.01. The van der Waals surface area contributed by atoms with Crippen molar-refractivity contribution < 1.29 is 14.4 Å². The summed E-state index contributed by atoms with van der Waals surface area (Å²) in [7, 11) is 0. The maximum absolute atomic E-state index is 13.7. The van der Waals surface area contributed by atoms with Crippen molar-refractivity contribution in [2.24, 2.45) is 0 Å². The van der Waals surface area contributed by atoms with E-state index in [1.54, 1.807) is 30.9 Å². The first-order valence-electron chi connectivity index (χ1n) is 11.7. The summed E-state index contributed by atoms with van der Waals surface area (Å²) >= 11 is 1.35. The van der Waals surface area contributed by atoms with Crippen molar-refractivity contribution in [2.75, 3.05) is 23.7 Å². The van der Waals surface area contributed by atoms with E-state index in [9.17, 15) is 19.6 Å². The number of carbonyl (C=O) groups excluding carboxylic acids is 3. The molecule has 1 saturated heterocycles. The van der Waals surface area contributed by atoms with Gasteiger partial charge in [-0.2, -0.15) is 5.26 Å². The third kappa shape index (κ3) is 4.64. The molecule has 1 aliphatic heterocycles. The first-order chi connectivity index (χ1) is 16.9. The smallest absolute Gasteiger partial charge is 0.324 e. The minimum Gasteiger partial charge on any atom is -0.352 e. The van der Waals surface area contributed by atoms with Gasteiger partial charge >= 0.3 is 6.03 Å². The molecule has 3 aromatic rings. The second kappa shape index (κ2) is 9.28. The van der Waals surface area contributed by atoms with Crippen LogP contribution < -0.4 is 16.0 Å². The Morgan fingerprint density at radius 3 is 2.47 bits per heavy atom. The molecular weight excluding hydrogens is 474 g/mol. The number of urea groups is 1. The van der Waals surface area contributed by atoms with Crippen LogP contribution in [0.2, 0.25) is 0 Å². The normalized spacial score (nSPS) is 15.2. The van der Waals surface area contributed by atoms with Crippen LogP contribution in [0.4, 0.5) is 15.5 Å². The van der Waals surface area contributed by atoms with E-state index in [1.165, 1.54) is 11.3 Å². The van der Waals surface area contributed by atoms with Crippen molar-refractivity contribution in [3.8, 4) is 6.07 Å². The molecular formula is C27H29N5O3S. The molecule has 1 fully saturated rings. The van der Waals surface area contributed by atoms with Gasteiger partial charge in [0.15, 0.2) is 0 Å². The number of nitrogens with zero attached hydrogens (tertiary/aromatic N) is 2. The Bertz CT molecular complexity index is 1410. The molecule has 0 unspecified atom stereocenters. The van der Waals surface area contributed by atoms with Crippen LogP contribution in [0.3, 0.4) is 0 Å². The number of fused-ring (bicyclic) bond motifs is 1. The lowest BCUT2D eigenvalue weighted by molar-refractivity contribution is -0.133. The zero-order valence-electron chi connectivity index (χ0n) is 21.0. The van der Waals surface area contributed by atoms with Gasteiger partial charge in [-0.25, -0.2) is 4.79 Å². The molecule has 36 heavy (non-hydrogen) atoms. The van der Waals surface area contributed by atoms with Gasteiger partial charge < -0.3 is 15.5 Å². The lowest BCUT2D eigenvalue weighted by Crippen LogP contribution is -2.63. The lowest BCUT2D eigenvalue weighted by Gasteiger charge is -2.41. The fraction of sp³-hybridized carbons (Fsp3) is 0.333. The number of hydrogen-bond acceptors (Lipinski definition) is 5. The number of nitrogens with one attached hydrogen (secondary N) is 3. The fourth-order valence-electron chi connectivity index (χ4n) is 4.18. The van der Waals surface area contributed by atoms with Gasteiger partial charge in [0.25, 0.3) is 5.91 Å². The number of benzene rings is 2. The van der Waals surface area contributed by atoms with E-state index in [4.69, 9.17) is 0 Å². The summed E-state index contributed by atoms with van der Waals surface area (Å²) in [6, 6.07) is 14.2. The highest BCUT2D eigenvalue weighted by Crippen LogP contribution is 2.38. The van der Waals surface area contributed by atoms with Gasteiger partial charge in [0.1, 0.15) is 10.5 Å². The van der Waals surface area contributed by atoms with Crippen LogP contribution in [0.15, 0.2) is 42.5 Å². The van der Waals surface area contributed by atoms with E-state index >= 15 is 0 Å². The van der Waals surface area contributed by atoms with Gasteiger partial charge in [-0.05, 0) is 37.5 Å². The number of amides is 4. The second-order valence-corrected chi connectivity index (χ2v) is 11.3. The number of hydrogen-bond donors (Lipinski definition) is 3. The Balaban J connectivity index is 1.66. The molecule has 4 rings (SSSR count). The minimum absolute atomic E-state index is 0.215. The molecule has 0 spiro atoms. The van der Waals surface area contributed by atoms with Crippen molar-refractivity contribution in [3.63, 3.8) is 0 Å². The highest BCUT2D eigenvalue weighted by molar-refractivity contribution is 7.16. The van der Waals surface area contributed by atoms with E-state index in [1.807, 2.05) is 51.1 Å². The van der Waals surface area contributed by atoms with Gasteiger partial charge in [0, 0.05) is 28.7 Å². The monoisotopic (exact) mass is 503 g/mol. The maximum atomic E-state index is 13.7. The van der Waals surface area contributed by atoms with E-state index in [-0.39, 0.29) is 17.2 Å². The third-order valence-corrected chi connectivity index (χ3v) is 7.79. The van der Waals surface area contributed by atoms with Crippen molar-refractivity contribution >= 4 is 50.6 Å². The quantitative estimate of drug-likeness (QED) is 0.463. The van der Waals surface area contributed by atoms with Gasteiger partial charge in [-0.15, -0.1) is 11.3 Å². The highest BCUT2D eigenvalue weighted by Gasteiger charge is 2.42. The van der Waals surface area contributed by atoms with Crippen molar-refractivity contribution in [1.82, 2.24) is 10.2 Å². The Labute approximate surface area is 214 Å². The van der Waals surface area contributed by atoms with Crippen LogP contribution in [0.5, 0.6) is 0 Å². The first-order valence-corrected chi connectivity index (χ1v) is 12.5. The molecule has 8 nitrogen and oxygen atoms in total. The molecule has 0 saturated carbocycles. The maximum Gasteiger partial charge on any atom is 0.324 e. The number of nitriles is 1. The molecule has 3 N–H and O–H groups in total. The van der Waals surface area contributed by atoms with Gasteiger partial charge in [-0.3, -0.25) is 14.9 Å². The zero-order valence-corrected chi connectivity index (χ0v) is 21.8. The predicted octanol–water partition coefficient (Wildman–Crippen LogP) is 5.07. The zero-order chi connectivity index (χ0) is 26.3. The number of rotatable bonds is 3. The average molecular weight is 504 g/mol. The Morgan fingerprint density at radius 2 is 1.81 bits per heavy atom. The summed E-state index contributed by atoms with van der Waals surface area (Å²) < 4.78 is 0. The molecule has 0 bridgehead atoms. The second-order valence-electron chi connectivity index (χ2n) is 10.3.